The molecule has 50 valence electrons. The van der Waals surface area contributed by atoms with Crippen molar-refractivity contribution in [3.63, 3.8) is 0 Å². The Kier molecular flexibility index (Phi) is 2.54. The largest absolute Gasteiger partial charge is 0.246 e. The molecule has 0 bridgehead atoms. The SMILES string of the molecule is CSCc1nc(C)cs1. The molecule has 0 N–H and O–H groups in total. The predicted molar refractivity (Wildman–Crippen MR) is 44.1 cm³/mol. The minimum atomic E-state index is 1.05. The maximum atomic E-state index is 4.30. The lowest BCUT2D eigenvalue weighted by molar-refractivity contribution is 1.19. The lowest BCUT2D eigenvalue weighted by atomic mass is 10.6. The molecule has 0 fully saturated rings. The van der Waals surface area contributed by atoms with Crippen molar-refractivity contribution < 1.29 is 0 Å². The van der Waals surface area contributed by atoms with Gasteiger partial charge in [-0.15, -0.1) is 11.3 Å². The second-order valence-electron chi connectivity index (χ2n) is 1.82. The Labute approximate surface area is 63.5 Å². The van der Waals surface area contributed by atoms with E-state index in [1.165, 1.54) is 5.01 Å². The number of hydrogen-bond acceptors (Lipinski definition) is 3. The van der Waals surface area contributed by atoms with Gasteiger partial charge in [-0.05, 0) is 13.2 Å². The highest BCUT2D eigenvalue weighted by molar-refractivity contribution is 7.97. The summed E-state index contributed by atoms with van der Waals surface area (Å²) < 4.78 is 0. The highest BCUT2D eigenvalue weighted by atomic mass is 32.2. The smallest absolute Gasteiger partial charge is 0.103 e. The molecule has 0 spiro atoms. The first-order valence-corrected chi connectivity index (χ1v) is 5.00. The van der Waals surface area contributed by atoms with Crippen molar-refractivity contribution >= 4 is 23.1 Å². The van der Waals surface area contributed by atoms with Crippen LogP contribution in [0.2, 0.25) is 0 Å². The molecule has 0 amide bonds. The fourth-order valence-electron chi connectivity index (χ4n) is 0.592. The standard InChI is InChI=1S/C6H9NS2/c1-5-3-9-6(7-5)4-8-2/h3H,4H2,1-2H3. The first-order valence-electron chi connectivity index (χ1n) is 2.73. The normalized spacial score (nSPS) is 10.0. The fourth-order valence-corrected chi connectivity index (χ4v) is 2.09. The highest BCUT2D eigenvalue weighted by Crippen LogP contribution is 2.13. The van der Waals surface area contributed by atoms with Crippen molar-refractivity contribution in [2.45, 2.75) is 12.7 Å². The molecule has 9 heavy (non-hydrogen) atoms. The van der Waals surface area contributed by atoms with E-state index in [9.17, 15) is 0 Å². The molecule has 3 heteroatoms. The average Bonchev–Trinajstić information content (AvgIpc) is 2.17. The molecule has 0 atom stereocenters. The van der Waals surface area contributed by atoms with E-state index in [-0.39, 0.29) is 0 Å². The Morgan fingerprint density at radius 3 is 3.00 bits per heavy atom. The Balaban J connectivity index is 2.61. The van der Waals surface area contributed by atoms with Crippen molar-refractivity contribution in [1.29, 1.82) is 0 Å². The molecule has 0 saturated carbocycles. The van der Waals surface area contributed by atoms with Gasteiger partial charge in [-0.2, -0.15) is 11.8 Å². The summed E-state index contributed by atoms with van der Waals surface area (Å²) in [6.45, 7) is 2.03. The maximum absolute atomic E-state index is 4.30. The number of hydrogen-bond donors (Lipinski definition) is 0. The molecule has 0 unspecified atom stereocenters. The summed E-state index contributed by atoms with van der Waals surface area (Å²) in [6.07, 6.45) is 2.09. The topological polar surface area (TPSA) is 12.9 Å². The molecule has 0 aliphatic heterocycles. The van der Waals surface area contributed by atoms with Crippen molar-refractivity contribution in [2.24, 2.45) is 0 Å². The highest BCUT2D eigenvalue weighted by Gasteiger charge is 1.94. The third-order valence-electron chi connectivity index (χ3n) is 0.934. The van der Waals surface area contributed by atoms with Crippen LogP contribution in [0.25, 0.3) is 0 Å². The van der Waals surface area contributed by atoms with Crippen LogP contribution in [0.5, 0.6) is 0 Å². The Hall–Kier alpha value is -0.0200. The van der Waals surface area contributed by atoms with E-state index in [1.807, 2.05) is 18.7 Å². The van der Waals surface area contributed by atoms with Crippen molar-refractivity contribution in [3.8, 4) is 0 Å². The Bertz CT molecular complexity index is 183. The summed E-state index contributed by atoms with van der Waals surface area (Å²) in [5.74, 6) is 1.05. The molecular weight excluding hydrogens is 150 g/mol. The molecule has 1 nitrogen and oxygen atoms in total. The van der Waals surface area contributed by atoms with Gasteiger partial charge in [0.2, 0.25) is 0 Å². The summed E-state index contributed by atoms with van der Waals surface area (Å²) in [6, 6.07) is 0. The van der Waals surface area contributed by atoms with Gasteiger partial charge in [-0.1, -0.05) is 0 Å². The zero-order chi connectivity index (χ0) is 6.69. The fraction of sp³-hybridized carbons (Fsp3) is 0.500. The van der Waals surface area contributed by atoms with Gasteiger partial charge in [0.25, 0.3) is 0 Å². The molecule has 0 aromatic carbocycles. The number of thiazole rings is 1. The maximum Gasteiger partial charge on any atom is 0.103 e. The van der Waals surface area contributed by atoms with Gasteiger partial charge < -0.3 is 0 Å². The van der Waals surface area contributed by atoms with E-state index in [0.717, 1.165) is 11.4 Å². The van der Waals surface area contributed by atoms with Crippen LogP contribution in [0.1, 0.15) is 10.7 Å². The number of thioether (sulfide) groups is 1. The number of nitrogens with zero attached hydrogens (tertiary/aromatic N) is 1. The lowest BCUT2D eigenvalue weighted by Gasteiger charge is -1.85. The van der Waals surface area contributed by atoms with Gasteiger partial charge in [0.1, 0.15) is 5.01 Å². The van der Waals surface area contributed by atoms with Crippen LogP contribution in [0, 0.1) is 6.92 Å². The minimum absolute atomic E-state index is 1.05. The van der Waals surface area contributed by atoms with E-state index in [1.54, 1.807) is 11.3 Å². The summed E-state index contributed by atoms with van der Waals surface area (Å²) in [5, 5.41) is 3.32. The second-order valence-corrected chi connectivity index (χ2v) is 3.62. The van der Waals surface area contributed by atoms with E-state index in [4.69, 9.17) is 0 Å². The number of aryl methyl sites for hydroxylation is 1. The predicted octanol–water partition coefficient (Wildman–Crippen LogP) is 2.31. The van der Waals surface area contributed by atoms with E-state index < -0.39 is 0 Å². The third kappa shape index (κ3) is 1.99. The second kappa shape index (κ2) is 3.22. The third-order valence-corrected chi connectivity index (χ3v) is 2.65. The molecule has 0 saturated heterocycles. The summed E-state index contributed by atoms with van der Waals surface area (Å²) in [5.41, 5.74) is 1.14. The zero-order valence-electron chi connectivity index (χ0n) is 5.55. The van der Waals surface area contributed by atoms with Gasteiger partial charge >= 0.3 is 0 Å². The number of aromatic nitrogens is 1. The van der Waals surface area contributed by atoms with E-state index in [0.29, 0.717) is 0 Å². The van der Waals surface area contributed by atoms with Gasteiger partial charge in [0, 0.05) is 16.8 Å². The van der Waals surface area contributed by atoms with E-state index in [2.05, 4.69) is 16.6 Å². The Morgan fingerprint density at radius 2 is 2.56 bits per heavy atom. The van der Waals surface area contributed by atoms with Crippen molar-refractivity contribution in [2.75, 3.05) is 6.26 Å². The van der Waals surface area contributed by atoms with Gasteiger partial charge in [-0.25, -0.2) is 4.98 Å². The van der Waals surface area contributed by atoms with Crippen LogP contribution in [-0.4, -0.2) is 11.2 Å². The Morgan fingerprint density at radius 1 is 1.78 bits per heavy atom. The van der Waals surface area contributed by atoms with Crippen molar-refractivity contribution in [1.82, 2.24) is 4.98 Å². The zero-order valence-corrected chi connectivity index (χ0v) is 7.18. The summed E-state index contributed by atoms with van der Waals surface area (Å²) in [4.78, 5) is 4.30. The summed E-state index contributed by atoms with van der Waals surface area (Å²) in [7, 11) is 0. The van der Waals surface area contributed by atoms with Crippen LogP contribution < -0.4 is 0 Å². The molecule has 1 aromatic heterocycles. The minimum Gasteiger partial charge on any atom is -0.246 e. The van der Waals surface area contributed by atoms with Gasteiger partial charge in [0.15, 0.2) is 0 Å². The first kappa shape index (κ1) is 7.09. The first-order chi connectivity index (χ1) is 4.33. The van der Waals surface area contributed by atoms with Crippen molar-refractivity contribution in [3.05, 3.63) is 16.1 Å². The molecule has 0 aliphatic carbocycles. The molecule has 1 rings (SSSR count). The molecular formula is C6H9NS2. The molecule has 0 aliphatic rings. The van der Waals surface area contributed by atoms with E-state index >= 15 is 0 Å². The van der Waals surface area contributed by atoms with Crippen LogP contribution in [-0.2, 0) is 5.75 Å². The molecule has 0 radical (unpaired) electrons. The van der Waals surface area contributed by atoms with Gasteiger partial charge in [-0.3, -0.25) is 0 Å². The van der Waals surface area contributed by atoms with Crippen LogP contribution >= 0.6 is 23.1 Å². The molecule has 1 heterocycles. The van der Waals surface area contributed by atoms with Gasteiger partial charge in [0.05, 0.1) is 0 Å². The lowest BCUT2D eigenvalue weighted by Crippen LogP contribution is -1.76. The van der Waals surface area contributed by atoms with Crippen LogP contribution in [0.4, 0.5) is 0 Å². The quantitative estimate of drug-likeness (QED) is 0.657. The summed E-state index contributed by atoms with van der Waals surface area (Å²) >= 11 is 3.56. The average molecular weight is 159 g/mol. The van der Waals surface area contributed by atoms with Crippen LogP contribution in [0.15, 0.2) is 5.38 Å². The number of rotatable bonds is 2. The van der Waals surface area contributed by atoms with Crippen LogP contribution in [0.3, 0.4) is 0 Å². The monoisotopic (exact) mass is 159 g/mol. The molecule has 1 aromatic rings.